The summed E-state index contributed by atoms with van der Waals surface area (Å²) in [7, 11) is 1.54. The van der Waals surface area contributed by atoms with Crippen LogP contribution in [0.15, 0.2) is 16.7 Å². The predicted molar refractivity (Wildman–Crippen MR) is 70.6 cm³/mol. The Morgan fingerprint density at radius 1 is 1.56 bits per heavy atom. The predicted octanol–water partition coefficient (Wildman–Crippen LogP) is 2.09. The molecular weight excluding hydrogens is 302 g/mol. The maximum atomic E-state index is 11.8. The van der Waals surface area contributed by atoms with Gasteiger partial charge in [-0.15, -0.1) is 0 Å². The Morgan fingerprint density at radius 3 is 2.83 bits per heavy atom. The van der Waals surface area contributed by atoms with Gasteiger partial charge in [0.05, 0.1) is 17.8 Å². The zero-order valence-electron chi connectivity index (χ0n) is 10.1. The van der Waals surface area contributed by atoms with Crippen molar-refractivity contribution in [2.45, 2.75) is 13.3 Å². The van der Waals surface area contributed by atoms with Gasteiger partial charge in [0.2, 0.25) is 0 Å². The number of rotatable bonds is 4. The summed E-state index contributed by atoms with van der Waals surface area (Å²) in [5, 5.41) is 11.2. The normalized spacial score (nSPS) is 9.94. The number of nitrogens with zero attached hydrogens (tertiary/aromatic N) is 2. The standard InChI is InChI=1S/C11H14BrN3O3/c1-7-9(5-8(12)6-13-7)14-11(18)15(2)4-3-10(16)17/h5-6H,3-4H2,1-2H3,(H,14,18)(H,16,17). The molecular formula is C11H14BrN3O3. The third kappa shape index (κ3) is 4.33. The minimum absolute atomic E-state index is 0.0837. The molecule has 0 radical (unpaired) electrons. The fourth-order valence-electron chi connectivity index (χ4n) is 1.21. The average molecular weight is 316 g/mol. The minimum atomic E-state index is -0.935. The van der Waals surface area contributed by atoms with Crippen LogP contribution < -0.4 is 5.32 Å². The Bertz CT molecular complexity index is 465. The Balaban J connectivity index is 2.63. The third-order valence-corrected chi connectivity index (χ3v) is 2.74. The first-order chi connectivity index (χ1) is 8.40. The highest BCUT2D eigenvalue weighted by Gasteiger charge is 2.12. The lowest BCUT2D eigenvalue weighted by Crippen LogP contribution is -2.33. The molecule has 0 spiro atoms. The van der Waals surface area contributed by atoms with Crippen LogP contribution in [-0.4, -0.2) is 40.6 Å². The Labute approximate surface area is 113 Å². The maximum absolute atomic E-state index is 11.8. The number of carbonyl (C=O) groups excluding carboxylic acids is 1. The van der Waals surface area contributed by atoms with Crippen LogP contribution in [0.5, 0.6) is 0 Å². The van der Waals surface area contributed by atoms with Crippen LogP contribution in [0.1, 0.15) is 12.1 Å². The van der Waals surface area contributed by atoms with Crippen molar-refractivity contribution in [3.8, 4) is 0 Å². The zero-order chi connectivity index (χ0) is 13.7. The molecule has 7 heteroatoms. The Morgan fingerprint density at radius 2 is 2.22 bits per heavy atom. The number of carboxylic acids is 1. The van der Waals surface area contributed by atoms with Gasteiger partial charge in [-0.05, 0) is 28.9 Å². The van der Waals surface area contributed by atoms with E-state index >= 15 is 0 Å². The van der Waals surface area contributed by atoms with Gasteiger partial charge in [-0.2, -0.15) is 0 Å². The summed E-state index contributed by atoms with van der Waals surface area (Å²) < 4.78 is 0.761. The Hall–Kier alpha value is -1.63. The topological polar surface area (TPSA) is 82.5 Å². The van der Waals surface area contributed by atoms with E-state index in [1.54, 1.807) is 26.2 Å². The van der Waals surface area contributed by atoms with Crippen LogP contribution in [0.25, 0.3) is 0 Å². The van der Waals surface area contributed by atoms with E-state index in [1.807, 2.05) is 0 Å². The van der Waals surface area contributed by atoms with Gasteiger partial charge in [0, 0.05) is 24.3 Å². The van der Waals surface area contributed by atoms with Gasteiger partial charge in [-0.1, -0.05) is 0 Å². The number of urea groups is 1. The molecule has 0 aromatic carbocycles. The van der Waals surface area contributed by atoms with Crippen molar-refractivity contribution in [2.24, 2.45) is 0 Å². The first-order valence-electron chi connectivity index (χ1n) is 5.26. The van der Waals surface area contributed by atoms with Crippen molar-refractivity contribution in [1.29, 1.82) is 0 Å². The second kappa shape index (κ2) is 6.34. The highest BCUT2D eigenvalue weighted by atomic mass is 79.9. The third-order valence-electron chi connectivity index (χ3n) is 2.30. The molecule has 2 N–H and O–H groups in total. The van der Waals surface area contributed by atoms with Crippen LogP contribution in [0.3, 0.4) is 0 Å². The van der Waals surface area contributed by atoms with Gasteiger partial charge in [0.1, 0.15) is 0 Å². The number of pyridine rings is 1. The van der Waals surface area contributed by atoms with Crippen molar-refractivity contribution in [3.05, 3.63) is 22.4 Å². The molecule has 6 nitrogen and oxygen atoms in total. The van der Waals surface area contributed by atoms with Gasteiger partial charge in [0.15, 0.2) is 0 Å². The number of anilines is 1. The molecule has 0 saturated heterocycles. The number of carboxylic acid groups (broad SMARTS) is 1. The van der Waals surface area contributed by atoms with Gasteiger partial charge in [-0.3, -0.25) is 9.78 Å². The SMILES string of the molecule is Cc1ncc(Br)cc1NC(=O)N(C)CCC(=O)O. The number of amides is 2. The Kier molecular flexibility index (Phi) is 5.08. The lowest BCUT2D eigenvalue weighted by atomic mass is 10.3. The molecule has 0 saturated carbocycles. The van der Waals surface area contributed by atoms with Crippen LogP contribution >= 0.6 is 15.9 Å². The van der Waals surface area contributed by atoms with Crippen molar-refractivity contribution in [3.63, 3.8) is 0 Å². The van der Waals surface area contributed by atoms with E-state index in [9.17, 15) is 9.59 Å². The lowest BCUT2D eigenvalue weighted by Gasteiger charge is -2.17. The van der Waals surface area contributed by atoms with Crippen molar-refractivity contribution >= 4 is 33.6 Å². The molecule has 0 aliphatic rings. The second-order valence-corrected chi connectivity index (χ2v) is 4.70. The maximum Gasteiger partial charge on any atom is 0.321 e. The highest BCUT2D eigenvalue weighted by molar-refractivity contribution is 9.10. The molecule has 1 heterocycles. The molecule has 0 aliphatic heterocycles. The summed E-state index contributed by atoms with van der Waals surface area (Å²) in [6.45, 7) is 1.93. The zero-order valence-corrected chi connectivity index (χ0v) is 11.7. The van der Waals surface area contributed by atoms with E-state index < -0.39 is 5.97 Å². The summed E-state index contributed by atoms with van der Waals surface area (Å²) in [6, 6.07) is 1.38. The fourth-order valence-corrected chi connectivity index (χ4v) is 1.54. The second-order valence-electron chi connectivity index (χ2n) is 3.78. The summed E-state index contributed by atoms with van der Waals surface area (Å²) in [5.41, 5.74) is 1.29. The van der Waals surface area contributed by atoms with Crippen LogP contribution in [0, 0.1) is 6.92 Å². The van der Waals surface area contributed by atoms with E-state index in [0.717, 1.165) is 4.47 Å². The molecule has 0 aliphatic carbocycles. The van der Waals surface area contributed by atoms with Crippen LogP contribution in [0.4, 0.5) is 10.5 Å². The van der Waals surface area contributed by atoms with Crippen molar-refractivity contribution in [2.75, 3.05) is 18.9 Å². The van der Waals surface area contributed by atoms with Crippen molar-refractivity contribution < 1.29 is 14.7 Å². The number of hydrogen-bond acceptors (Lipinski definition) is 3. The number of hydrogen-bond donors (Lipinski definition) is 2. The molecule has 0 bridgehead atoms. The van der Waals surface area contributed by atoms with E-state index in [-0.39, 0.29) is 19.0 Å². The number of aromatic nitrogens is 1. The molecule has 1 rings (SSSR count). The van der Waals surface area contributed by atoms with E-state index in [0.29, 0.717) is 11.4 Å². The number of aliphatic carboxylic acids is 1. The fraction of sp³-hybridized carbons (Fsp3) is 0.364. The number of aryl methyl sites for hydroxylation is 1. The summed E-state index contributed by atoms with van der Waals surface area (Å²) in [6.07, 6.45) is 1.55. The van der Waals surface area contributed by atoms with Gasteiger partial charge in [-0.25, -0.2) is 4.79 Å². The van der Waals surface area contributed by atoms with E-state index in [1.165, 1.54) is 4.90 Å². The van der Waals surface area contributed by atoms with Crippen molar-refractivity contribution in [1.82, 2.24) is 9.88 Å². The van der Waals surface area contributed by atoms with Gasteiger partial charge in [0.25, 0.3) is 0 Å². The molecule has 0 unspecified atom stereocenters. The first kappa shape index (κ1) is 14.4. The summed E-state index contributed by atoms with van der Waals surface area (Å²) in [4.78, 5) is 27.6. The quantitative estimate of drug-likeness (QED) is 0.891. The summed E-state index contributed by atoms with van der Waals surface area (Å²) >= 11 is 3.27. The lowest BCUT2D eigenvalue weighted by molar-refractivity contribution is -0.137. The van der Waals surface area contributed by atoms with Crippen LogP contribution in [0.2, 0.25) is 0 Å². The average Bonchev–Trinajstić information content (AvgIpc) is 2.30. The number of carbonyl (C=O) groups is 2. The highest BCUT2D eigenvalue weighted by Crippen LogP contribution is 2.18. The van der Waals surface area contributed by atoms with Gasteiger partial charge >= 0.3 is 12.0 Å². The monoisotopic (exact) mass is 315 g/mol. The first-order valence-corrected chi connectivity index (χ1v) is 6.05. The number of halogens is 1. The molecule has 98 valence electrons. The molecule has 0 fully saturated rings. The van der Waals surface area contributed by atoms with E-state index in [2.05, 4.69) is 26.2 Å². The van der Waals surface area contributed by atoms with Gasteiger partial charge < -0.3 is 15.3 Å². The summed E-state index contributed by atoms with van der Waals surface area (Å²) in [5.74, 6) is -0.935. The molecule has 1 aromatic heterocycles. The molecule has 0 atom stereocenters. The number of nitrogens with one attached hydrogen (secondary N) is 1. The minimum Gasteiger partial charge on any atom is -0.481 e. The molecule has 18 heavy (non-hydrogen) atoms. The molecule has 2 amide bonds. The smallest absolute Gasteiger partial charge is 0.321 e. The van der Waals surface area contributed by atoms with Crippen LogP contribution in [-0.2, 0) is 4.79 Å². The molecule has 1 aromatic rings. The largest absolute Gasteiger partial charge is 0.481 e. The van der Waals surface area contributed by atoms with E-state index in [4.69, 9.17) is 5.11 Å².